The van der Waals surface area contributed by atoms with E-state index >= 15 is 0 Å². The lowest BCUT2D eigenvalue weighted by molar-refractivity contribution is -0.231. The number of anilines is 1. The van der Waals surface area contributed by atoms with Gasteiger partial charge in [-0.05, 0) is 82.5 Å². The zero-order chi connectivity index (χ0) is 37.2. The topological polar surface area (TPSA) is 134 Å². The van der Waals surface area contributed by atoms with Crippen LogP contribution in [-0.4, -0.2) is 66.7 Å². The van der Waals surface area contributed by atoms with Crippen LogP contribution >= 0.6 is 12.2 Å². The summed E-state index contributed by atoms with van der Waals surface area (Å²) in [4.78, 5) is 2.83. The molecule has 2 heterocycles. The standard InChI is InChI=1S/C43H42FNO7S/c44-32-16-10-28(11-17-32)35(47)21-15-31-23-38(53)45(33-18-12-26(13-19-33)25-4-2-1-3-5-25)39(31)34-20-14-30(22-36(34)48)27-6-8-29(9-7-27)43-42(51)41(50)40(49)37(24-46)52-43/h1-14,16-20,22,31,35,37,39-43,46-51H,15,21,23-24H2. The molecule has 2 aliphatic rings. The third kappa shape index (κ3) is 7.63. The number of halogens is 1. The van der Waals surface area contributed by atoms with Crippen molar-refractivity contribution in [3.8, 4) is 28.0 Å². The first-order valence-electron chi connectivity index (χ1n) is 17.8. The van der Waals surface area contributed by atoms with Crippen LogP contribution in [0.3, 0.4) is 0 Å². The molecule has 10 heteroatoms. The average molecular weight is 736 g/mol. The van der Waals surface area contributed by atoms with Crippen LogP contribution in [0.1, 0.15) is 54.2 Å². The van der Waals surface area contributed by atoms with Crippen LogP contribution in [0.2, 0.25) is 0 Å². The number of aliphatic hydroxyl groups is 5. The minimum atomic E-state index is -1.48. The number of phenolic OH excluding ortho intramolecular Hbond substituents is 1. The van der Waals surface area contributed by atoms with Gasteiger partial charge in [0.1, 0.15) is 42.1 Å². The summed E-state index contributed by atoms with van der Waals surface area (Å²) in [5.74, 6) is -0.314. The maximum absolute atomic E-state index is 13.6. The van der Waals surface area contributed by atoms with Gasteiger partial charge < -0.3 is 40.3 Å². The predicted octanol–water partition coefficient (Wildman–Crippen LogP) is 6.79. The fourth-order valence-corrected chi connectivity index (χ4v) is 8.08. The highest BCUT2D eigenvalue weighted by Gasteiger charge is 2.44. The smallest absolute Gasteiger partial charge is 0.123 e. The van der Waals surface area contributed by atoms with E-state index in [1.54, 1.807) is 30.3 Å². The van der Waals surface area contributed by atoms with Gasteiger partial charge in [-0.25, -0.2) is 4.39 Å². The van der Waals surface area contributed by atoms with Crippen molar-refractivity contribution >= 4 is 22.9 Å². The molecule has 2 fully saturated rings. The Kier molecular flexibility index (Phi) is 11.0. The van der Waals surface area contributed by atoms with Crippen molar-refractivity contribution in [1.29, 1.82) is 0 Å². The monoisotopic (exact) mass is 735 g/mol. The summed E-state index contributed by atoms with van der Waals surface area (Å²) in [7, 11) is 0. The molecule has 8 atom stereocenters. The first kappa shape index (κ1) is 36.8. The Balaban J connectivity index is 1.17. The van der Waals surface area contributed by atoms with Crippen molar-refractivity contribution in [2.45, 2.75) is 61.9 Å². The molecule has 5 aromatic carbocycles. The summed E-state index contributed by atoms with van der Waals surface area (Å²) in [5.41, 5.74) is 6.49. The fraction of sp³-hybridized carbons (Fsp3) is 0.279. The molecular weight excluding hydrogens is 694 g/mol. The number of aromatic hydroxyl groups is 1. The molecule has 0 radical (unpaired) electrons. The Labute approximate surface area is 313 Å². The molecule has 0 amide bonds. The second-order valence-corrected chi connectivity index (χ2v) is 14.3. The van der Waals surface area contributed by atoms with Gasteiger partial charge in [-0.3, -0.25) is 0 Å². The van der Waals surface area contributed by atoms with E-state index in [4.69, 9.17) is 17.0 Å². The van der Waals surface area contributed by atoms with Gasteiger partial charge in [0.2, 0.25) is 0 Å². The summed E-state index contributed by atoms with van der Waals surface area (Å²) in [5, 5.41) is 63.3. The van der Waals surface area contributed by atoms with E-state index in [1.807, 2.05) is 54.6 Å². The van der Waals surface area contributed by atoms with Crippen molar-refractivity contribution in [3.63, 3.8) is 0 Å². The predicted molar refractivity (Wildman–Crippen MR) is 205 cm³/mol. The summed E-state index contributed by atoms with van der Waals surface area (Å²) in [6.45, 7) is -0.511. The molecule has 274 valence electrons. The van der Waals surface area contributed by atoms with E-state index in [2.05, 4.69) is 29.2 Å². The van der Waals surface area contributed by atoms with Gasteiger partial charge in [0, 0.05) is 17.7 Å². The Hall–Kier alpha value is -4.52. The number of aliphatic hydroxyl groups excluding tert-OH is 5. The quantitative estimate of drug-likeness (QED) is 0.0859. The maximum Gasteiger partial charge on any atom is 0.123 e. The second-order valence-electron chi connectivity index (χ2n) is 13.9. The Morgan fingerprint density at radius 1 is 0.755 bits per heavy atom. The van der Waals surface area contributed by atoms with Crippen molar-refractivity contribution < 1.29 is 39.8 Å². The number of hydrogen-bond donors (Lipinski definition) is 6. The van der Waals surface area contributed by atoms with Crippen LogP contribution in [0.25, 0.3) is 22.3 Å². The number of ether oxygens (including phenoxy) is 1. The fourth-order valence-electron chi connectivity index (χ4n) is 7.64. The third-order valence-corrected chi connectivity index (χ3v) is 10.9. The number of benzene rings is 5. The molecule has 0 saturated carbocycles. The van der Waals surface area contributed by atoms with Crippen molar-refractivity contribution in [3.05, 3.63) is 144 Å². The van der Waals surface area contributed by atoms with Crippen LogP contribution in [0.5, 0.6) is 5.75 Å². The average Bonchev–Trinajstić information content (AvgIpc) is 3.52. The molecular formula is C43H42FNO7S. The minimum Gasteiger partial charge on any atom is -0.508 e. The molecule has 5 aromatic rings. The number of thiocarbonyl (C=S) groups is 1. The number of hydrogen-bond acceptors (Lipinski definition) is 8. The van der Waals surface area contributed by atoms with E-state index in [-0.39, 0.29) is 23.5 Å². The van der Waals surface area contributed by atoms with Gasteiger partial charge >= 0.3 is 0 Å². The lowest BCUT2D eigenvalue weighted by Crippen LogP contribution is -2.55. The van der Waals surface area contributed by atoms with Gasteiger partial charge in [-0.15, -0.1) is 0 Å². The molecule has 8 nitrogen and oxygen atoms in total. The summed E-state index contributed by atoms with van der Waals surface area (Å²) < 4.78 is 19.3. The number of nitrogens with zero attached hydrogens (tertiary/aromatic N) is 1. The summed E-state index contributed by atoms with van der Waals surface area (Å²) >= 11 is 6.01. The lowest BCUT2D eigenvalue weighted by Gasteiger charge is -2.40. The highest BCUT2D eigenvalue weighted by Crippen LogP contribution is 2.48. The largest absolute Gasteiger partial charge is 0.508 e. The van der Waals surface area contributed by atoms with Gasteiger partial charge in [0.25, 0.3) is 0 Å². The molecule has 7 rings (SSSR count). The van der Waals surface area contributed by atoms with Crippen LogP contribution in [0, 0.1) is 11.7 Å². The van der Waals surface area contributed by atoms with E-state index in [0.717, 1.165) is 32.9 Å². The number of rotatable bonds is 10. The van der Waals surface area contributed by atoms with Gasteiger partial charge in [-0.2, -0.15) is 0 Å². The maximum atomic E-state index is 13.6. The molecule has 8 unspecified atom stereocenters. The minimum absolute atomic E-state index is 0.0408. The molecule has 0 spiro atoms. The van der Waals surface area contributed by atoms with Crippen LogP contribution in [-0.2, 0) is 4.74 Å². The zero-order valence-electron chi connectivity index (χ0n) is 28.8. The zero-order valence-corrected chi connectivity index (χ0v) is 29.6. The molecule has 0 aliphatic carbocycles. The number of phenols is 1. The van der Waals surface area contributed by atoms with Crippen LogP contribution < -0.4 is 4.90 Å². The first-order chi connectivity index (χ1) is 25.6. The summed E-state index contributed by atoms with van der Waals surface area (Å²) in [6, 6.07) is 36.5. The Bertz CT molecular complexity index is 2010. The van der Waals surface area contributed by atoms with Gasteiger partial charge in [0.15, 0.2) is 0 Å². The van der Waals surface area contributed by atoms with E-state index in [1.165, 1.54) is 12.1 Å². The van der Waals surface area contributed by atoms with Crippen LogP contribution in [0.4, 0.5) is 10.1 Å². The molecule has 6 N–H and O–H groups in total. The molecule has 2 saturated heterocycles. The van der Waals surface area contributed by atoms with E-state index in [0.29, 0.717) is 36.0 Å². The summed E-state index contributed by atoms with van der Waals surface area (Å²) in [6.07, 6.45) is -5.45. The first-order valence-corrected chi connectivity index (χ1v) is 18.2. The van der Waals surface area contributed by atoms with Crippen molar-refractivity contribution in [1.82, 2.24) is 0 Å². The Morgan fingerprint density at radius 2 is 1.38 bits per heavy atom. The third-order valence-electron chi connectivity index (χ3n) is 10.6. The van der Waals surface area contributed by atoms with Crippen LogP contribution in [0.15, 0.2) is 121 Å². The molecule has 53 heavy (non-hydrogen) atoms. The Morgan fingerprint density at radius 3 is 2.04 bits per heavy atom. The van der Waals surface area contributed by atoms with E-state index < -0.39 is 43.2 Å². The van der Waals surface area contributed by atoms with Crippen molar-refractivity contribution in [2.24, 2.45) is 5.92 Å². The SMILES string of the molecule is OCC1OC(c2ccc(-c3ccc(C4C(CCC(O)c5ccc(F)cc5)CC(=S)N4c4ccc(-c5ccccc5)cc4)c(O)c3)cc2)C(O)C(O)C1O. The van der Waals surface area contributed by atoms with E-state index in [9.17, 15) is 35.0 Å². The molecule has 2 aliphatic heterocycles. The second kappa shape index (κ2) is 15.8. The highest BCUT2D eigenvalue weighted by atomic mass is 32.1. The molecule has 0 bridgehead atoms. The van der Waals surface area contributed by atoms with Gasteiger partial charge in [0.05, 0.1) is 23.7 Å². The normalized spacial score (nSPS) is 25.1. The van der Waals surface area contributed by atoms with Crippen molar-refractivity contribution in [2.75, 3.05) is 11.5 Å². The molecule has 0 aromatic heterocycles. The lowest BCUT2D eigenvalue weighted by atomic mass is 9.86. The van der Waals surface area contributed by atoms with Gasteiger partial charge in [-0.1, -0.05) is 103 Å². The highest BCUT2D eigenvalue weighted by molar-refractivity contribution is 7.80.